The molecule has 1 amide bonds. The zero-order valence-electron chi connectivity index (χ0n) is 8.72. The Balaban J connectivity index is 1.75. The van der Waals surface area contributed by atoms with Gasteiger partial charge in [-0.1, -0.05) is 19.3 Å². The number of amides is 1. The van der Waals surface area contributed by atoms with Gasteiger partial charge in [0, 0.05) is 6.04 Å². The summed E-state index contributed by atoms with van der Waals surface area (Å²) in [7, 11) is 0. The van der Waals surface area contributed by atoms with Crippen LogP contribution in [0.1, 0.15) is 44.9 Å². The third-order valence-corrected chi connectivity index (χ3v) is 3.33. The van der Waals surface area contributed by atoms with Crippen LogP contribution in [0.15, 0.2) is 0 Å². The van der Waals surface area contributed by atoms with Crippen LogP contribution in [-0.2, 0) is 4.79 Å². The van der Waals surface area contributed by atoms with Crippen molar-refractivity contribution in [2.75, 3.05) is 6.54 Å². The van der Waals surface area contributed by atoms with E-state index in [2.05, 4.69) is 10.6 Å². The van der Waals surface area contributed by atoms with Crippen LogP contribution in [0.5, 0.6) is 0 Å². The van der Waals surface area contributed by atoms with Crippen LogP contribution in [0.25, 0.3) is 0 Å². The SMILES string of the molecule is O=C(NC1CCCCC1)[C@@H]1CCCN1. The number of hydrogen-bond donors (Lipinski definition) is 2. The normalized spacial score (nSPS) is 29.0. The Morgan fingerprint density at radius 2 is 1.86 bits per heavy atom. The molecule has 0 unspecified atom stereocenters. The molecule has 2 rings (SSSR count). The van der Waals surface area contributed by atoms with E-state index in [1.165, 1.54) is 32.1 Å². The van der Waals surface area contributed by atoms with Crippen LogP contribution in [0.4, 0.5) is 0 Å². The van der Waals surface area contributed by atoms with Gasteiger partial charge in [0.1, 0.15) is 0 Å². The molecule has 3 heteroatoms. The Morgan fingerprint density at radius 1 is 1.07 bits per heavy atom. The molecular formula is C11H20N2O. The molecule has 0 radical (unpaired) electrons. The molecule has 2 aliphatic rings. The van der Waals surface area contributed by atoms with Crippen molar-refractivity contribution in [3.8, 4) is 0 Å². The van der Waals surface area contributed by atoms with Gasteiger partial charge in [0.25, 0.3) is 0 Å². The first-order valence-electron chi connectivity index (χ1n) is 5.90. The fourth-order valence-electron chi connectivity index (χ4n) is 2.46. The Bertz CT molecular complexity index is 193. The molecule has 0 aromatic heterocycles. The fourth-order valence-corrected chi connectivity index (χ4v) is 2.46. The van der Waals surface area contributed by atoms with Crippen LogP contribution >= 0.6 is 0 Å². The van der Waals surface area contributed by atoms with E-state index in [4.69, 9.17) is 0 Å². The van der Waals surface area contributed by atoms with E-state index in [1.54, 1.807) is 0 Å². The molecule has 1 saturated carbocycles. The lowest BCUT2D eigenvalue weighted by molar-refractivity contribution is -0.123. The van der Waals surface area contributed by atoms with E-state index in [9.17, 15) is 4.79 Å². The monoisotopic (exact) mass is 196 g/mol. The van der Waals surface area contributed by atoms with Gasteiger partial charge >= 0.3 is 0 Å². The van der Waals surface area contributed by atoms with Gasteiger partial charge in [-0.15, -0.1) is 0 Å². The van der Waals surface area contributed by atoms with Crippen molar-refractivity contribution in [1.82, 2.24) is 10.6 Å². The minimum absolute atomic E-state index is 0.0944. The van der Waals surface area contributed by atoms with Crippen LogP contribution in [-0.4, -0.2) is 24.5 Å². The molecule has 1 aliphatic carbocycles. The Kier molecular flexibility index (Phi) is 3.40. The van der Waals surface area contributed by atoms with Crippen molar-refractivity contribution in [3.05, 3.63) is 0 Å². The first-order valence-corrected chi connectivity index (χ1v) is 5.90. The van der Waals surface area contributed by atoms with Gasteiger partial charge in [0.15, 0.2) is 0 Å². The first kappa shape index (κ1) is 9.97. The maximum Gasteiger partial charge on any atom is 0.237 e. The number of hydrogen-bond acceptors (Lipinski definition) is 2. The summed E-state index contributed by atoms with van der Waals surface area (Å²) in [5.74, 6) is 0.231. The predicted octanol–water partition coefficient (Wildman–Crippen LogP) is 1.19. The van der Waals surface area contributed by atoms with Crippen molar-refractivity contribution < 1.29 is 4.79 Å². The molecular weight excluding hydrogens is 176 g/mol. The zero-order valence-corrected chi connectivity index (χ0v) is 8.72. The summed E-state index contributed by atoms with van der Waals surface area (Å²) in [6.45, 7) is 1.00. The molecule has 2 N–H and O–H groups in total. The molecule has 1 heterocycles. The highest BCUT2D eigenvalue weighted by Gasteiger charge is 2.24. The maximum absolute atomic E-state index is 11.7. The molecule has 0 aromatic rings. The van der Waals surface area contributed by atoms with Gasteiger partial charge < -0.3 is 10.6 Å². The standard InChI is InChI=1S/C11H20N2O/c14-11(10-7-4-8-12-10)13-9-5-2-1-3-6-9/h9-10,12H,1-8H2,(H,13,14)/t10-/m0/s1. The first-order chi connectivity index (χ1) is 6.86. The van der Waals surface area contributed by atoms with Crippen molar-refractivity contribution in [3.63, 3.8) is 0 Å². The second-order valence-electron chi connectivity index (χ2n) is 4.49. The number of carbonyl (C=O) groups is 1. The van der Waals surface area contributed by atoms with Gasteiger partial charge in [0.2, 0.25) is 5.91 Å². The Morgan fingerprint density at radius 3 is 2.50 bits per heavy atom. The highest BCUT2D eigenvalue weighted by molar-refractivity contribution is 5.82. The van der Waals surface area contributed by atoms with E-state index in [0.29, 0.717) is 6.04 Å². The van der Waals surface area contributed by atoms with Crippen molar-refractivity contribution in [1.29, 1.82) is 0 Å². The lowest BCUT2D eigenvalue weighted by Crippen LogP contribution is -2.45. The lowest BCUT2D eigenvalue weighted by Gasteiger charge is -2.24. The average molecular weight is 196 g/mol. The van der Waals surface area contributed by atoms with E-state index in [0.717, 1.165) is 19.4 Å². The molecule has 80 valence electrons. The molecule has 0 spiro atoms. The van der Waals surface area contributed by atoms with E-state index < -0.39 is 0 Å². The third-order valence-electron chi connectivity index (χ3n) is 3.33. The predicted molar refractivity (Wildman–Crippen MR) is 56.0 cm³/mol. The van der Waals surface area contributed by atoms with E-state index in [-0.39, 0.29) is 11.9 Å². The molecule has 1 saturated heterocycles. The summed E-state index contributed by atoms with van der Waals surface area (Å²) >= 11 is 0. The molecule has 0 aromatic carbocycles. The number of rotatable bonds is 2. The number of carbonyl (C=O) groups excluding carboxylic acids is 1. The van der Waals surface area contributed by atoms with Gasteiger partial charge in [-0.25, -0.2) is 0 Å². The molecule has 3 nitrogen and oxygen atoms in total. The summed E-state index contributed by atoms with van der Waals surface area (Å²) in [6.07, 6.45) is 8.42. The molecule has 2 fully saturated rings. The minimum Gasteiger partial charge on any atom is -0.352 e. The topological polar surface area (TPSA) is 41.1 Å². The molecule has 1 atom stereocenters. The van der Waals surface area contributed by atoms with Crippen LogP contribution < -0.4 is 10.6 Å². The summed E-state index contributed by atoms with van der Waals surface area (Å²) in [5.41, 5.74) is 0. The Hall–Kier alpha value is -0.570. The highest BCUT2D eigenvalue weighted by atomic mass is 16.2. The van der Waals surface area contributed by atoms with Crippen LogP contribution in [0, 0.1) is 0 Å². The smallest absolute Gasteiger partial charge is 0.237 e. The second-order valence-corrected chi connectivity index (χ2v) is 4.49. The summed E-state index contributed by atoms with van der Waals surface area (Å²) < 4.78 is 0. The van der Waals surface area contributed by atoms with Crippen LogP contribution in [0.2, 0.25) is 0 Å². The van der Waals surface area contributed by atoms with Gasteiger partial charge in [-0.3, -0.25) is 4.79 Å². The van der Waals surface area contributed by atoms with Crippen molar-refractivity contribution >= 4 is 5.91 Å². The summed E-state index contributed by atoms with van der Waals surface area (Å²) in [6, 6.07) is 0.551. The number of nitrogens with one attached hydrogen (secondary N) is 2. The zero-order chi connectivity index (χ0) is 9.80. The fraction of sp³-hybridized carbons (Fsp3) is 0.909. The summed E-state index contributed by atoms with van der Waals surface area (Å²) in [4.78, 5) is 11.7. The quantitative estimate of drug-likeness (QED) is 0.696. The van der Waals surface area contributed by atoms with E-state index in [1.807, 2.05) is 0 Å². The van der Waals surface area contributed by atoms with Gasteiger partial charge in [-0.05, 0) is 32.2 Å². The van der Waals surface area contributed by atoms with Gasteiger partial charge in [0.05, 0.1) is 6.04 Å². The molecule has 1 aliphatic heterocycles. The largest absolute Gasteiger partial charge is 0.352 e. The maximum atomic E-state index is 11.7. The average Bonchev–Trinajstić information content (AvgIpc) is 2.72. The van der Waals surface area contributed by atoms with E-state index >= 15 is 0 Å². The summed E-state index contributed by atoms with van der Waals surface area (Å²) in [5, 5.41) is 6.39. The Labute approximate surface area is 85.6 Å². The minimum atomic E-state index is 0.0944. The molecule has 14 heavy (non-hydrogen) atoms. The lowest BCUT2D eigenvalue weighted by atomic mass is 9.95. The van der Waals surface area contributed by atoms with Gasteiger partial charge in [-0.2, -0.15) is 0 Å². The molecule has 0 bridgehead atoms. The van der Waals surface area contributed by atoms with Crippen molar-refractivity contribution in [2.24, 2.45) is 0 Å². The third kappa shape index (κ3) is 2.47. The van der Waals surface area contributed by atoms with Crippen LogP contribution in [0.3, 0.4) is 0 Å². The van der Waals surface area contributed by atoms with Crippen molar-refractivity contribution in [2.45, 2.75) is 57.0 Å². The highest BCUT2D eigenvalue weighted by Crippen LogP contribution is 2.17. The second kappa shape index (κ2) is 4.78.